The third-order valence-electron chi connectivity index (χ3n) is 3.87. The van der Waals surface area contributed by atoms with Crippen molar-refractivity contribution >= 4 is 29.9 Å². The third kappa shape index (κ3) is 4.36. The summed E-state index contributed by atoms with van der Waals surface area (Å²) >= 11 is 0. The van der Waals surface area contributed by atoms with Gasteiger partial charge in [-0.1, -0.05) is 26.0 Å². The van der Waals surface area contributed by atoms with E-state index in [4.69, 9.17) is 10.5 Å². The molecular weight excluding hydrogens is 318 g/mol. The highest BCUT2D eigenvalue weighted by Crippen LogP contribution is 2.33. The number of hydrogen-bond acceptors (Lipinski definition) is 4. The minimum Gasteiger partial charge on any atom is -0.477 e. The average Bonchev–Trinajstić information content (AvgIpc) is 2.57. The van der Waals surface area contributed by atoms with Crippen molar-refractivity contribution in [3.8, 4) is 5.75 Å². The number of nitrogens with one attached hydrogen (secondary N) is 1. The summed E-state index contributed by atoms with van der Waals surface area (Å²) in [5, 5.41) is 2.96. The number of fused-ring (bicyclic) bond motifs is 1. The molecule has 0 saturated carbocycles. The van der Waals surface area contributed by atoms with Gasteiger partial charge >= 0.3 is 0 Å². The number of carbonyl (C=O) groups excluding carboxylic acids is 2. The van der Waals surface area contributed by atoms with Crippen LogP contribution in [0.2, 0.25) is 0 Å². The maximum absolute atomic E-state index is 12.4. The van der Waals surface area contributed by atoms with Crippen molar-refractivity contribution in [2.24, 2.45) is 5.73 Å². The largest absolute Gasteiger partial charge is 0.477 e. The molecule has 2 rings (SSSR count). The number of rotatable bonds is 5. The van der Waals surface area contributed by atoms with E-state index in [1.54, 1.807) is 12.1 Å². The molecule has 2 amide bonds. The maximum atomic E-state index is 12.4. The molecule has 0 bridgehead atoms. The summed E-state index contributed by atoms with van der Waals surface area (Å²) in [6.07, 6.45) is 1.000. The molecule has 1 atom stereocenters. The van der Waals surface area contributed by atoms with Gasteiger partial charge in [0.2, 0.25) is 5.91 Å². The summed E-state index contributed by atoms with van der Waals surface area (Å²) in [6, 6.07) is 7.29. The van der Waals surface area contributed by atoms with Gasteiger partial charge in [-0.05, 0) is 25.0 Å². The van der Waals surface area contributed by atoms with Crippen LogP contribution in [0, 0.1) is 0 Å². The van der Waals surface area contributed by atoms with Crippen LogP contribution in [0.4, 0.5) is 5.69 Å². The van der Waals surface area contributed by atoms with Crippen LogP contribution in [0.1, 0.15) is 26.7 Å². The zero-order chi connectivity index (χ0) is 16.1. The number of halogens is 1. The fourth-order valence-electron chi connectivity index (χ4n) is 2.50. The standard InChI is InChI=1S/C16H23N3O3.ClH/c1-3-11(4-2)18-16(21)14-10-19(15(20)9-17)12-7-5-6-8-13(12)22-14;/h5-8,11,14H,3-4,9-10,17H2,1-2H3,(H,18,21);1H. The van der Waals surface area contributed by atoms with Gasteiger partial charge in [0.15, 0.2) is 6.10 Å². The second-order valence-corrected chi connectivity index (χ2v) is 5.30. The number of amides is 2. The van der Waals surface area contributed by atoms with Crippen LogP contribution in [0.5, 0.6) is 5.75 Å². The number of para-hydroxylation sites is 2. The Bertz CT molecular complexity index is 549. The molecule has 0 fully saturated rings. The van der Waals surface area contributed by atoms with Crippen LogP contribution in [0.25, 0.3) is 0 Å². The van der Waals surface area contributed by atoms with Crippen molar-refractivity contribution in [1.29, 1.82) is 0 Å². The van der Waals surface area contributed by atoms with Gasteiger partial charge in [-0.15, -0.1) is 12.4 Å². The van der Waals surface area contributed by atoms with E-state index in [-0.39, 0.29) is 43.4 Å². The van der Waals surface area contributed by atoms with E-state index < -0.39 is 6.10 Å². The molecule has 1 aliphatic heterocycles. The first kappa shape index (κ1) is 19.3. The van der Waals surface area contributed by atoms with Crippen molar-refractivity contribution < 1.29 is 14.3 Å². The fraction of sp³-hybridized carbons (Fsp3) is 0.500. The van der Waals surface area contributed by atoms with Gasteiger partial charge in [-0.25, -0.2) is 0 Å². The highest BCUT2D eigenvalue weighted by Gasteiger charge is 2.33. The lowest BCUT2D eigenvalue weighted by atomic mass is 10.1. The average molecular weight is 342 g/mol. The van der Waals surface area contributed by atoms with Gasteiger partial charge < -0.3 is 20.7 Å². The van der Waals surface area contributed by atoms with Crippen LogP contribution < -0.4 is 20.7 Å². The first-order valence-corrected chi connectivity index (χ1v) is 7.67. The highest BCUT2D eigenvalue weighted by atomic mass is 35.5. The van der Waals surface area contributed by atoms with Crippen LogP contribution in [0.3, 0.4) is 0 Å². The van der Waals surface area contributed by atoms with Gasteiger partial charge in [0, 0.05) is 6.04 Å². The highest BCUT2D eigenvalue weighted by molar-refractivity contribution is 5.98. The lowest BCUT2D eigenvalue weighted by molar-refractivity contribution is -0.129. The normalized spacial score (nSPS) is 16.2. The molecule has 0 radical (unpaired) electrons. The van der Waals surface area contributed by atoms with Crippen molar-refractivity contribution in [2.45, 2.75) is 38.8 Å². The van der Waals surface area contributed by atoms with Gasteiger partial charge in [-0.2, -0.15) is 0 Å². The van der Waals surface area contributed by atoms with Crippen molar-refractivity contribution in [1.82, 2.24) is 5.32 Å². The van der Waals surface area contributed by atoms with Crippen LogP contribution in [0.15, 0.2) is 24.3 Å². The Morgan fingerprint density at radius 1 is 1.35 bits per heavy atom. The molecule has 23 heavy (non-hydrogen) atoms. The summed E-state index contributed by atoms with van der Waals surface area (Å²) in [5.74, 6) is 0.106. The summed E-state index contributed by atoms with van der Waals surface area (Å²) in [7, 11) is 0. The van der Waals surface area contributed by atoms with Gasteiger partial charge in [-0.3, -0.25) is 9.59 Å². The van der Waals surface area contributed by atoms with E-state index in [1.807, 2.05) is 26.0 Å². The van der Waals surface area contributed by atoms with Gasteiger partial charge in [0.25, 0.3) is 5.91 Å². The summed E-state index contributed by atoms with van der Waals surface area (Å²) in [5.41, 5.74) is 6.13. The van der Waals surface area contributed by atoms with Gasteiger partial charge in [0.1, 0.15) is 5.75 Å². The third-order valence-corrected chi connectivity index (χ3v) is 3.87. The van der Waals surface area contributed by atoms with E-state index in [0.29, 0.717) is 11.4 Å². The number of anilines is 1. The van der Waals surface area contributed by atoms with E-state index in [9.17, 15) is 9.59 Å². The van der Waals surface area contributed by atoms with E-state index >= 15 is 0 Å². The smallest absolute Gasteiger partial charge is 0.263 e. The molecule has 6 nitrogen and oxygen atoms in total. The zero-order valence-corrected chi connectivity index (χ0v) is 14.3. The SMILES string of the molecule is CCC(CC)NC(=O)C1CN(C(=O)CN)c2ccccc2O1.Cl. The molecule has 1 aromatic rings. The number of ether oxygens (including phenoxy) is 1. The first-order valence-electron chi connectivity index (χ1n) is 7.67. The molecule has 0 spiro atoms. The Kier molecular flexibility index (Phi) is 7.32. The molecule has 128 valence electrons. The maximum Gasteiger partial charge on any atom is 0.263 e. The molecule has 0 aromatic heterocycles. The quantitative estimate of drug-likeness (QED) is 0.849. The molecule has 0 saturated heterocycles. The molecule has 1 aromatic carbocycles. The molecule has 3 N–H and O–H groups in total. The summed E-state index contributed by atoms with van der Waals surface area (Å²) in [6.45, 7) is 4.12. The Hall–Kier alpha value is -1.79. The number of hydrogen-bond donors (Lipinski definition) is 2. The van der Waals surface area contributed by atoms with Gasteiger partial charge in [0.05, 0.1) is 18.8 Å². The second kappa shape index (κ2) is 8.74. The fourth-order valence-corrected chi connectivity index (χ4v) is 2.50. The predicted molar refractivity (Wildman–Crippen MR) is 92.0 cm³/mol. The van der Waals surface area contributed by atoms with Crippen LogP contribution >= 0.6 is 12.4 Å². The monoisotopic (exact) mass is 341 g/mol. The topological polar surface area (TPSA) is 84.7 Å². The Labute approximate surface area is 142 Å². The minimum absolute atomic E-state index is 0. The number of benzene rings is 1. The number of nitrogens with zero attached hydrogens (tertiary/aromatic N) is 1. The minimum atomic E-state index is -0.717. The van der Waals surface area contributed by atoms with E-state index in [1.165, 1.54) is 4.90 Å². The Morgan fingerprint density at radius 2 is 2.00 bits per heavy atom. The number of nitrogens with two attached hydrogens (primary N) is 1. The predicted octanol–water partition coefficient (Wildman–Crippen LogP) is 1.47. The van der Waals surface area contributed by atoms with E-state index in [2.05, 4.69) is 5.32 Å². The molecule has 1 aliphatic rings. The summed E-state index contributed by atoms with van der Waals surface area (Å²) in [4.78, 5) is 26.0. The first-order chi connectivity index (χ1) is 10.6. The van der Waals surface area contributed by atoms with Crippen molar-refractivity contribution in [2.75, 3.05) is 18.0 Å². The Balaban J connectivity index is 0.00000264. The molecule has 1 heterocycles. The number of carbonyl (C=O) groups is 2. The molecule has 7 heteroatoms. The molecule has 1 unspecified atom stereocenters. The molecule has 0 aliphatic carbocycles. The lowest BCUT2D eigenvalue weighted by Gasteiger charge is -2.34. The summed E-state index contributed by atoms with van der Waals surface area (Å²) < 4.78 is 5.76. The van der Waals surface area contributed by atoms with Crippen LogP contribution in [-0.4, -0.2) is 37.0 Å². The Morgan fingerprint density at radius 3 is 2.61 bits per heavy atom. The van der Waals surface area contributed by atoms with Crippen LogP contribution in [-0.2, 0) is 9.59 Å². The van der Waals surface area contributed by atoms with E-state index in [0.717, 1.165) is 12.8 Å². The second-order valence-electron chi connectivity index (χ2n) is 5.30. The van der Waals surface area contributed by atoms with Crippen molar-refractivity contribution in [3.05, 3.63) is 24.3 Å². The zero-order valence-electron chi connectivity index (χ0n) is 13.5. The van der Waals surface area contributed by atoms with Crippen molar-refractivity contribution in [3.63, 3.8) is 0 Å². The molecular formula is C16H24ClN3O3. The lowest BCUT2D eigenvalue weighted by Crippen LogP contribution is -2.53.